The summed E-state index contributed by atoms with van der Waals surface area (Å²) in [6.07, 6.45) is 4.72. The van der Waals surface area contributed by atoms with E-state index in [1.165, 1.54) is 11.0 Å². The third-order valence-corrected chi connectivity index (χ3v) is 4.17. The molecule has 1 aromatic carbocycles. The molecular weight excluding hydrogens is 336 g/mol. The molecular formula is C18H16N4O2S. The summed E-state index contributed by atoms with van der Waals surface area (Å²) in [5, 5.41) is 6.96. The highest BCUT2D eigenvalue weighted by Crippen LogP contribution is 2.19. The quantitative estimate of drug-likeness (QED) is 0.396. The Hall–Kier alpha value is -3.06. The Kier molecular flexibility index (Phi) is 4.58. The molecule has 0 saturated carbocycles. The second-order valence-corrected chi connectivity index (χ2v) is 5.84. The number of amides is 2. The Labute approximate surface area is 150 Å². The standard InChI is InChI=1S/C18H16N4O2S/c1-3-9-21-17(24)15(16(23)20-18(21)25)10-13-11-19-22(12(13)2)14-7-5-4-6-8-14/h3-8,10-11H,1,9H2,2H3,(H,20,23,25)/b15-10-. The fraction of sp³-hybridized carbons (Fsp3) is 0.111. The first kappa shape index (κ1) is 16.8. The summed E-state index contributed by atoms with van der Waals surface area (Å²) < 4.78 is 1.75. The van der Waals surface area contributed by atoms with Gasteiger partial charge in [-0.2, -0.15) is 5.10 Å². The fourth-order valence-corrected chi connectivity index (χ4v) is 2.79. The molecule has 25 heavy (non-hydrogen) atoms. The molecule has 2 aromatic rings. The number of nitrogens with one attached hydrogen (secondary N) is 1. The smallest absolute Gasteiger partial charge is 0.265 e. The van der Waals surface area contributed by atoms with Crippen molar-refractivity contribution in [1.29, 1.82) is 0 Å². The molecule has 0 atom stereocenters. The van der Waals surface area contributed by atoms with Crippen molar-refractivity contribution in [2.75, 3.05) is 6.54 Å². The normalized spacial score (nSPS) is 16.3. The monoisotopic (exact) mass is 352 g/mol. The molecule has 0 radical (unpaired) electrons. The summed E-state index contributed by atoms with van der Waals surface area (Å²) in [4.78, 5) is 26.1. The molecule has 0 bridgehead atoms. The number of carbonyl (C=O) groups is 2. The lowest BCUT2D eigenvalue weighted by Crippen LogP contribution is -2.53. The maximum atomic E-state index is 12.6. The van der Waals surface area contributed by atoms with Gasteiger partial charge in [0, 0.05) is 17.8 Å². The lowest BCUT2D eigenvalue weighted by Gasteiger charge is -2.27. The number of nitrogens with zero attached hydrogens (tertiary/aromatic N) is 3. The molecule has 0 spiro atoms. The predicted molar refractivity (Wildman–Crippen MR) is 98.9 cm³/mol. The summed E-state index contributed by atoms with van der Waals surface area (Å²) in [6, 6.07) is 9.62. The van der Waals surface area contributed by atoms with Crippen molar-refractivity contribution in [3.8, 4) is 5.69 Å². The molecule has 2 heterocycles. The number of thiocarbonyl (C=S) groups is 1. The molecule has 1 saturated heterocycles. The maximum absolute atomic E-state index is 12.6. The van der Waals surface area contributed by atoms with Crippen LogP contribution >= 0.6 is 12.2 Å². The molecule has 1 N–H and O–H groups in total. The van der Waals surface area contributed by atoms with E-state index in [-0.39, 0.29) is 17.2 Å². The number of benzene rings is 1. The van der Waals surface area contributed by atoms with Gasteiger partial charge >= 0.3 is 0 Å². The van der Waals surface area contributed by atoms with Crippen LogP contribution in [0.25, 0.3) is 11.8 Å². The summed E-state index contributed by atoms with van der Waals surface area (Å²) in [5.74, 6) is -0.956. The summed E-state index contributed by atoms with van der Waals surface area (Å²) in [6.45, 7) is 5.72. The second-order valence-electron chi connectivity index (χ2n) is 5.45. The van der Waals surface area contributed by atoms with Crippen LogP contribution in [0.4, 0.5) is 0 Å². The van der Waals surface area contributed by atoms with Gasteiger partial charge in [-0.25, -0.2) is 4.68 Å². The average molecular weight is 352 g/mol. The van der Waals surface area contributed by atoms with E-state index in [9.17, 15) is 9.59 Å². The first-order valence-electron chi connectivity index (χ1n) is 7.62. The van der Waals surface area contributed by atoms with E-state index >= 15 is 0 Å². The zero-order valence-corrected chi connectivity index (χ0v) is 14.4. The molecule has 2 amide bonds. The van der Waals surface area contributed by atoms with Crippen LogP contribution in [-0.2, 0) is 9.59 Å². The van der Waals surface area contributed by atoms with Crippen LogP contribution in [0.2, 0.25) is 0 Å². The Morgan fingerprint density at radius 1 is 1.28 bits per heavy atom. The number of carbonyl (C=O) groups excluding carboxylic acids is 2. The molecule has 0 unspecified atom stereocenters. The molecule has 7 heteroatoms. The second kappa shape index (κ2) is 6.82. The van der Waals surface area contributed by atoms with Crippen molar-refractivity contribution in [1.82, 2.24) is 20.0 Å². The molecule has 0 aliphatic carbocycles. The average Bonchev–Trinajstić information content (AvgIpc) is 2.97. The Balaban J connectivity index is 1.99. The number of hydrogen-bond acceptors (Lipinski definition) is 4. The Bertz CT molecular complexity index is 899. The highest BCUT2D eigenvalue weighted by atomic mass is 32.1. The minimum absolute atomic E-state index is 0.0196. The van der Waals surface area contributed by atoms with Crippen molar-refractivity contribution >= 4 is 35.2 Å². The molecule has 6 nitrogen and oxygen atoms in total. The Morgan fingerprint density at radius 2 is 2.00 bits per heavy atom. The van der Waals surface area contributed by atoms with Gasteiger partial charge in [0.2, 0.25) is 0 Å². The van der Waals surface area contributed by atoms with E-state index in [0.29, 0.717) is 5.56 Å². The zero-order chi connectivity index (χ0) is 18.0. The third-order valence-electron chi connectivity index (χ3n) is 3.85. The van der Waals surface area contributed by atoms with E-state index in [2.05, 4.69) is 17.0 Å². The van der Waals surface area contributed by atoms with Gasteiger partial charge in [-0.05, 0) is 37.4 Å². The van der Waals surface area contributed by atoms with E-state index in [1.54, 1.807) is 17.0 Å². The van der Waals surface area contributed by atoms with E-state index in [4.69, 9.17) is 12.2 Å². The maximum Gasteiger partial charge on any atom is 0.265 e. The Morgan fingerprint density at radius 3 is 2.68 bits per heavy atom. The first-order chi connectivity index (χ1) is 12.0. The summed E-state index contributed by atoms with van der Waals surface area (Å²) in [5.41, 5.74) is 2.43. The highest BCUT2D eigenvalue weighted by Gasteiger charge is 2.32. The van der Waals surface area contributed by atoms with Crippen LogP contribution in [0.1, 0.15) is 11.3 Å². The molecule has 126 valence electrons. The van der Waals surface area contributed by atoms with Gasteiger partial charge in [-0.3, -0.25) is 19.8 Å². The number of aromatic nitrogens is 2. The van der Waals surface area contributed by atoms with Gasteiger partial charge in [0.25, 0.3) is 11.8 Å². The van der Waals surface area contributed by atoms with Crippen LogP contribution in [0.15, 0.2) is 54.8 Å². The number of rotatable bonds is 4. The van der Waals surface area contributed by atoms with Crippen molar-refractivity contribution in [2.24, 2.45) is 0 Å². The summed E-state index contributed by atoms with van der Waals surface area (Å²) in [7, 11) is 0. The minimum Gasteiger partial charge on any atom is -0.298 e. The molecule has 1 aromatic heterocycles. The fourth-order valence-electron chi connectivity index (χ4n) is 2.54. The van der Waals surface area contributed by atoms with Gasteiger partial charge < -0.3 is 0 Å². The van der Waals surface area contributed by atoms with Crippen molar-refractivity contribution in [2.45, 2.75) is 6.92 Å². The van der Waals surface area contributed by atoms with Gasteiger partial charge in [0.05, 0.1) is 11.9 Å². The minimum atomic E-state index is -0.512. The summed E-state index contributed by atoms with van der Waals surface area (Å²) >= 11 is 5.04. The van der Waals surface area contributed by atoms with E-state index < -0.39 is 11.8 Å². The SMILES string of the molecule is C=CCN1C(=O)/C(=C\c2cnn(-c3ccccc3)c2C)C(=O)NC1=S. The van der Waals surface area contributed by atoms with Crippen LogP contribution in [0.5, 0.6) is 0 Å². The first-order valence-corrected chi connectivity index (χ1v) is 8.03. The molecule has 1 fully saturated rings. The van der Waals surface area contributed by atoms with Gasteiger partial charge in [-0.1, -0.05) is 24.3 Å². The van der Waals surface area contributed by atoms with Gasteiger partial charge in [0.1, 0.15) is 5.57 Å². The molecule has 1 aliphatic rings. The van der Waals surface area contributed by atoms with Crippen LogP contribution in [0.3, 0.4) is 0 Å². The van der Waals surface area contributed by atoms with E-state index in [0.717, 1.165) is 11.4 Å². The highest BCUT2D eigenvalue weighted by molar-refractivity contribution is 7.80. The number of hydrogen-bond donors (Lipinski definition) is 1. The predicted octanol–water partition coefficient (Wildman–Crippen LogP) is 1.99. The number of para-hydroxylation sites is 1. The molecule has 1 aliphatic heterocycles. The lowest BCUT2D eigenvalue weighted by atomic mass is 10.1. The van der Waals surface area contributed by atoms with Crippen LogP contribution in [-0.4, -0.2) is 38.2 Å². The van der Waals surface area contributed by atoms with Crippen LogP contribution in [0, 0.1) is 6.92 Å². The van der Waals surface area contributed by atoms with Crippen LogP contribution < -0.4 is 5.32 Å². The largest absolute Gasteiger partial charge is 0.298 e. The lowest BCUT2D eigenvalue weighted by molar-refractivity contribution is -0.128. The van der Waals surface area contributed by atoms with E-state index in [1.807, 2.05) is 37.3 Å². The van der Waals surface area contributed by atoms with Gasteiger partial charge in [-0.15, -0.1) is 6.58 Å². The third kappa shape index (κ3) is 3.14. The topological polar surface area (TPSA) is 67.2 Å². The molecule has 3 rings (SSSR count). The van der Waals surface area contributed by atoms with Crippen molar-refractivity contribution in [3.05, 3.63) is 66.0 Å². The van der Waals surface area contributed by atoms with Crippen molar-refractivity contribution in [3.63, 3.8) is 0 Å². The zero-order valence-electron chi connectivity index (χ0n) is 13.6. The van der Waals surface area contributed by atoms with Crippen molar-refractivity contribution < 1.29 is 9.59 Å². The van der Waals surface area contributed by atoms with Gasteiger partial charge in [0.15, 0.2) is 5.11 Å².